The maximum absolute atomic E-state index is 12.2. The Kier molecular flexibility index (Phi) is 6.76. The summed E-state index contributed by atoms with van der Waals surface area (Å²) in [6, 6.07) is 14.6. The quantitative estimate of drug-likeness (QED) is 0.537. The van der Waals surface area contributed by atoms with Crippen LogP contribution in [-0.2, 0) is 19.1 Å². The van der Waals surface area contributed by atoms with Crippen molar-refractivity contribution in [3.8, 4) is 11.1 Å². The van der Waals surface area contributed by atoms with E-state index in [4.69, 9.17) is 9.92 Å². The second-order valence-corrected chi connectivity index (χ2v) is 7.78. The lowest BCUT2D eigenvalue weighted by molar-refractivity contribution is -0.118. The van der Waals surface area contributed by atoms with Crippen LogP contribution >= 0.6 is 0 Å². The van der Waals surface area contributed by atoms with Crippen molar-refractivity contribution in [2.75, 3.05) is 25.6 Å². The van der Waals surface area contributed by atoms with Crippen molar-refractivity contribution in [3.05, 3.63) is 48.5 Å². The minimum absolute atomic E-state index is 0.0311. The Morgan fingerprint density at radius 2 is 1.50 bits per heavy atom. The first-order chi connectivity index (χ1) is 12.3. The highest BCUT2D eigenvalue weighted by Crippen LogP contribution is 2.24. The normalized spacial score (nSPS) is 11.3. The van der Waals surface area contributed by atoms with Crippen molar-refractivity contribution < 1.29 is 17.4 Å². The van der Waals surface area contributed by atoms with Gasteiger partial charge in [-0.15, -0.1) is 0 Å². The number of nitrogens with zero attached hydrogens (tertiary/aromatic N) is 1. The molecule has 2 aromatic rings. The molecular weight excluding hydrogens is 352 g/mol. The SMILES string of the molecule is CN(C)c1ccc(-c2ccc(S(=O)(=O)OCCCCC(N)=O)cc2)cc1. The van der Waals surface area contributed by atoms with Crippen molar-refractivity contribution in [1.82, 2.24) is 0 Å². The molecule has 1 amide bonds. The third kappa shape index (κ3) is 5.57. The van der Waals surface area contributed by atoms with Gasteiger partial charge in [0, 0.05) is 26.2 Å². The molecule has 26 heavy (non-hydrogen) atoms. The van der Waals surface area contributed by atoms with Crippen LogP contribution in [0, 0.1) is 0 Å². The number of carbonyl (C=O) groups is 1. The smallest absolute Gasteiger partial charge is 0.296 e. The van der Waals surface area contributed by atoms with E-state index in [1.165, 1.54) is 12.1 Å². The van der Waals surface area contributed by atoms with Gasteiger partial charge in [0.05, 0.1) is 11.5 Å². The summed E-state index contributed by atoms with van der Waals surface area (Å²) in [5.74, 6) is -0.401. The largest absolute Gasteiger partial charge is 0.378 e. The van der Waals surface area contributed by atoms with Gasteiger partial charge in [-0.25, -0.2) is 0 Å². The van der Waals surface area contributed by atoms with Crippen molar-refractivity contribution in [2.24, 2.45) is 5.73 Å². The lowest BCUT2D eigenvalue weighted by Gasteiger charge is -2.13. The van der Waals surface area contributed by atoms with Crippen molar-refractivity contribution in [1.29, 1.82) is 0 Å². The van der Waals surface area contributed by atoms with Gasteiger partial charge in [0.1, 0.15) is 0 Å². The predicted molar refractivity (Wildman–Crippen MR) is 102 cm³/mol. The Morgan fingerprint density at radius 1 is 0.962 bits per heavy atom. The molecule has 0 saturated carbocycles. The summed E-state index contributed by atoms with van der Waals surface area (Å²) in [5, 5.41) is 0. The highest BCUT2D eigenvalue weighted by atomic mass is 32.2. The monoisotopic (exact) mass is 376 g/mol. The number of rotatable bonds is 9. The van der Waals surface area contributed by atoms with Crippen LogP contribution in [0.5, 0.6) is 0 Å². The summed E-state index contributed by atoms with van der Waals surface area (Å²) in [7, 11) is 0.149. The molecule has 2 rings (SSSR count). The molecule has 0 radical (unpaired) electrons. The van der Waals surface area contributed by atoms with Crippen LogP contribution in [-0.4, -0.2) is 35.0 Å². The fourth-order valence-corrected chi connectivity index (χ4v) is 3.35. The summed E-state index contributed by atoms with van der Waals surface area (Å²) >= 11 is 0. The van der Waals surface area contributed by atoms with E-state index in [1.54, 1.807) is 12.1 Å². The molecule has 0 bridgehead atoms. The third-order valence-corrected chi connectivity index (χ3v) is 5.24. The number of nitrogens with two attached hydrogens (primary N) is 1. The highest BCUT2D eigenvalue weighted by molar-refractivity contribution is 7.86. The van der Waals surface area contributed by atoms with Crippen LogP contribution in [0.2, 0.25) is 0 Å². The molecule has 0 aliphatic rings. The summed E-state index contributed by atoms with van der Waals surface area (Å²) < 4.78 is 29.4. The van der Waals surface area contributed by atoms with Crippen LogP contribution in [0.3, 0.4) is 0 Å². The molecule has 6 nitrogen and oxygen atoms in total. The van der Waals surface area contributed by atoms with Gasteiger partial charge >= 0.3 is 0 Å². The number of hydrogen-bond acceptors (Lipinski definition) is 5. The van der Waals surface area contributed by atoms with Crippen LogP contribution in [0.25, 0.3) is 11.1 Å². The van der Waals surface area contributed by atoms with Gasteiger partial charge in [-0.05, 0) is 48.2 Å². The summed E-state index contributed by atoms with van der Waals surface area (Å²) in [4.78, 5) is 12.8. The minimum atomic E-state index is -3.80. The third-order valence-electron chi connectivity index (χ3n) is 3.92. The van der Waals surface area contributed by atoms with Crippen LogP contribution in [0.1, 0.15) is 19.3 Å². The molecule has 0 spiro atoms. The molecule has 2 aromatic carbocycles. The highest BCUT2D eigenvalue weighted by Gasteiger charge is 2.15. The zero-order chi connectivity index (χ0) is 19.2. The van der Waals surface area contributed by atoms with Gasteiger partial charge in [0.25, 0.3) is 10.1 Å². The van der Waals surface area contributed by atoms with Gasteiger partial charge in [-0.2, -0.15) is 8.42 Å². The lowest BCUT2D eigenvalue weighted by Crippen LogP contribution is -2.11. The number of anilines is 1. The second-order valence-electron chi connectivity index (χ2n) is 6.17. The first kappa shape index (κ1) is 19.9. The fourth-order valence-electron chi connectivity index (χ4n) is 2.40. The molecule has 0 saturated heterocycles. The Balaban J connectivity index is 2.00. The summed E-state index contributed by atoms with van der Waals surface area (Å²) in [5.41, 5.74) is 8.06. The maximum atomic E-state index is 12.2. The molecule has 0 fully saturated rings. The molecule has 0 aromatic heterocycles. The van der Waals surface area contributed by atoms with E-state index >= 15 is 0 Å². The molecular formula is C19H24N2O4S. The zero-order valence-electron chi connectivity index (χ0n) is 15.0. The molecule has 0 aliphatic heterocycles. The van der Waals surface area contributed by atoms with Gasteiger partial charge in [0.2, 0.25) is 5.91 Å². The first-order valence-electron chi connectivity index (χ1n) is 8.35. The van der Waals surface area contributed by atoms with E-state index in [0.717, 1.165) is 16.8 Å². The maximum Gasteiger partial charge on any atom is 0.296 e. The lowest BCUT2D eigenvalue weighted by atomic mass is 10.1. The van der Waals surface area contributed by atoms with E-state index < -0.39 is 16.0 Å². The van der Waals surface area contributed by atoms with Gasteiger partial charge in [0.15, 0.2) is 0 Å². The first-order valence-corrected chi connectivity index (χ1v) is 9.76. The average molecular weight is 376 g/mol. The van der Waals surface area contributed by atoms with Crippen molar-refractivity contribution in [3.63, 3.8) is 0 Å². The predicted octanol–water partition coefficient (Wildman–Crippen LogP) is 2.78. The molecule has 0 heterocycles. The minimum Gasteiger partial charge on any atom is -0.378 e. The summed E-state index contributed by atoms with van der Waals surface area (Å²) in [6.07, 6.45) is 1.19. The number of hydrogen-bond donors (Lipinski definition) is 1. The van der Waals surface area contributed by atoms with E-state index in [-0.39, 0.29) is 17.9 Å². The van der Waals surface area contributed by atoms with Crippen LogP contribution < -0.4 is 10.6 Å². The Labute approximate surface area is 154 Å². The van der Waals surface area contributed by atoms with Crippen molar-refractivity contribution in [2.45, 2.75) is 24.2 Å². The molecule has 140 valence electrons. The number of unbranched alkanes of at least 4 members (excludes halogenated alkanes) is 1. The summed E-state index contributed by atoms with van der Waals surface area (Å²) in [6.45, 7) is 0.0311. The zero-order valence-corrected chi connectivity index (χ0v) is 15.8. The number of amides is 1. The van der Waals surface area contributed by atoms with Gasteiger partial charge < -0.3 is 10.6 Å². The van der Waals surface area contributed by atoms with Crippen LogP contribution in [0.4, 0.5) is 5.69 Å². The Hall–Kier alpha value is -2.38. The molecule has 2 N–H and O–H groups in total. The average Bonchev–Trinajstić information content (AvgIpc) is 2.61. The second kappa shape index (κ2) is 8.82. The standard InChI is InChI=1S/C19H24N2O4S/c1-21(2)17-10-6-15(7-11-17)16-8-12-18(13-9-16)26(23,24)25-14-4-3-5-19(20)22/h6-13H,3-5,14H2,1-2H3,(H2,20,22). The van der Waals surface area contributed by atoms with Gasteiger partial charge in [-0.3, -0.25) is 8.98 Å². The van der Waals surface area contributed by atoms with Crippen LogP contribution in [0.15, 0.2) is 53.4 Å². The van der Waals surface area contributed by atoms with E-state index in [0.29, 0.717) is 12.8 Å². The Morgan fingerprint density at radius 3 is 2.00 bits per heavy atom. The van der Waals surface area contributed by atoms with E-state index in [2.05, 4.69) is 0 Å². The van der Waals surface area contributed by atoms with Crippen molar-refractivity contribution >= 4 is 21.7 Å². The topological polar surface area (TPSA) is 89.7 Å². The number of benzene rings is 2. The van der Waals surface area contributed by atoms with E-state index in [1.807, 2.05) is 43.3 Å². The number of primary amides is 1. The van der Waals surface area contributed by atoms with E-state index in [9.17, 15) is 13.2 Å². The van der Waals surface area contributed by atoms with Gasteiger partial charge in [-0.1, -0.05) is 24.3 Å². The molecule has 0 aliphatic carbocycles. The molecule has 7 heteroatoms. The number of carbonyl (C=O) groups excluding carboxylic acids is 1. The molecule has 0 atom stereocenters. The molecule has 0 unspecified atom stereocenters. The Bertz CT molecular complexity index is 829. The fraction of sp³-hybridized carbons (Fsp3) is 0.316.